The van der Waals surface area contributed by atoms with Gasteiger partial charge in [-0.2, -0.15) is 5.10 Å². The molecule has 1 saturated heterocycles. The van der Waals surface area contributed by atoms with Crippen LogP contribution in [0.4, 0.5) is 0 Å². The SMILES string of the molecule is Cc1[nH]n(-c2ccccc2)c(=O)c1/C=N/NC(=O)[C@@H]1C(=O)NC[C@@H]1c1ccccc1. The molecule has 1 aliphatic heterocycles. The molecule has 0 unspecified atom stereocenters. The zero-order chi connectivity index (χ0) is 21.1. The van der Waals surface area contributed by atoms with Crippen LogP contribution in [0.2, 0.25) is 0 Å². The predicted molar refractivity (Wildman–Crippen MR) is 113 cm³/mol. The Morgan fingerprint density at radius 3 is 2.47 bits per heavy atom. The number of carbonyl (C=O) groups excluding carboxylic acids is 2. The number of amides is 2. The molecule has 2 amide bonds. The zero-order valence-corrected chi connectivity index (χ0v) is 16.3. The lowest BCUT2D eigenvalue weighted by atomic mass is 9.88. The quantitative estimate of drug-likeness (QED) is 0.341. The van der Waals surface area contributed by atoms with Crippen molar-refractivity contribution in [2.45, 2.75) is 12.8 Å². The van der Waals surface area contributed by atoms with E-state index < -0.39 is 11.8 Å². The fourth-order valence-corrected chi connectivity index (χ4v) is 3.63. The maximum Gasteiger partial charge on any atom is 0.280 e. The minimum Gasteiger partial charge on any atom is -0.355 e. The largest absolute Gasteiger partial charge is 0.355 e. The van der Waals surface area contributed by atoms with E-state index in [-0.39, 0.29) is 17.4 Å². The summed E-state index contributed by atoms with van der Waals surface area (Å²) in [5, 5.41) is 9.67. The first-order chi connectivity index (χ1) is 14.6. The topological polar surface area (TPSA) is 108 Å². The Kier molecular flexibility index (Phi) is 5.30. The summed E-state index contributed by atoms with van der Waals surface area (Å²) in [6.45, 7) is 2.14. The number of nitrogens with one attached hydrogen (secondary N) is 3. The van der Waals surface area contributed by atoms with Crippen LogP contribution in [0.15, 0.2) is 70.6 Å². The number of aromatic amines is 1. The molecule has 30 heavy (non-hydrogen) atoms. The third-order valence-corrected chi connectivity index (χ3v) is 5.19. The lowest BCUT2D eigenvalue weighted by molar-refractivity contribution is -0.133. The molecule has 152 valence electrons. The van der Waals surface area contributed by atoms with Gasteiger partial charge in [0.2, 0.25) is 5.91 Å². The molecule has 1 fully saturated rings. The van der Waals surface area contributed by atoms with Crippen LogP contribution in [0.5, 0.6) is 0 Å². The van der Waals surface area contributed by atoms with Crippen LogP contribution >= 0.6 is 0 Å². The van der Waals surface area contributed by atoms with Gasteiger partial charge in [-0.15, -0.1) is 0 Å². The van der Waals surface area contributed by atoms with Gasteiger partial charge in [0.05, 0.1) is 17.5 Å². The molecule has 1 aromatic heterocycles. The molecule has 2 heterocycles. The molecular weight excluding hydrogens is 382 g/mol. The summed E-state index contributed by atoms with van der Waals surface area (Å²) in [6, 6.07) is 18.6. The number of hydrogen-bond donors (Lipinski definition) is 3. The number of rotatable bonds is 5. The van der Waals surface area contributed by atoms with Crippen molar-refractivity contribution in [1.82, 2.24) is 20.5 Å². The monoisotopic (exact) mass is 403 g/mol. The number of carbonyl (C=O) groups is 2. The van der Waals surface area contributed by atoms with E-state index in [9.17, 15) is 14.4 Å². The molecule has 8 heteroatoms. The highest BCUT2D eigenvalue weighted by Crippen LogP contribution is 2.28. The zero-order valence-electron chi connectivity index (χ0n) is 16.3. The Balaban J connectivity index is 1.51. The van der Waals surface area contributed by atoms with E-state index in [0.717, 1.165) is 5.56 Å². The van der Waals surface area contributed by atoms with Crippen LogP contribution in [0.1, 0.15) is 22.7 Å². The molecule has 3 N–H and O–H groups in total. The second-order valence-corrected chi connectivity index (χ2v) is 7.10. The second kappa shape index (κ2) is 8.20. The highest BCUT2D eigenvalue weighted by atomic mass is 16.2. The molecule has 0 radical (unpaired) electrons. The van der Waals surface area contributed by atoms with Crippen molar-refractivity contribution in [3.8, 4) is 5.69 Å². The first-order valence-electron chi connectivity index (χ1n) is 9.59. The molecule has 0 saturated carbocycles. The van der Waals surface area contributed by atoms with Crippen LogP contribution in [-0.2, 0) is 9.59 Å². The number of benzene rings is 2. The van der Waals surface area contributed by atoms with Gasteiger partial charge in [0.25, 0.3) is 11.5 Å². The van der Waals surface area contributed by atoms with Crippen molar-refractivity contribution in [3.63, 3.8) is 0 Å². The average molecular weight is 403 g/mol. The maximum absolute atomic E-state index is 12.7. The van der Waals surface area contributed by atoms with E-state index in [4.69, 9.17) is 0 Å². The van der Waals surface area contributed by atoms with Gasteiger partial charge < -0.3 is 5.32 Å². The van der Waals surface area contributed by atoms with Gasteiger partial charge in [-0.05, 0) is 24.6 Å². The van der Waals surface area contributed by atoms with Crippen molar-refractivity contribution in [3.05, 3.63) is 87.8 Å². The minimum absolute atomic E-state index is 0.266. The fraction of sp³-hybridized carbons (Fsp3) is 0.182. The highest BCUT2D eigenvalue weighted by Gasteiger charge is 2.40. The molecule has 2 atom stereocenters. The maximum atomic E-state index is 12.7. The van der Waals surface area contributed by atoms with E-state index in [1.807, 2.05) is 60.7 Å². The van der Waals surface area contributed by atoms with Gasteiger partial charge in [0.1, 0.15) is 5.92 Å². The number of aryl methyl sites for hydroxylation is 1. The third kappa shape index (κ3) is 3.67. The highest BCUT2D eigenvalue weighted by molar-refractivity contribution is 6.03. The summed E-state index contributed by atoms with van der Waals surface area (Å²) in [7, 11) is 0. The average Bonchev–Trinajstić information content (AvgIpc) is 3.29. The molecule has 2 aromatic carbocycles. The normalized spacial score (nSPS) is 18.5. The second-order valence-electron chi connectivity index (χ2n) is 7.10. The minimum atomic E-state index is -0.877. The summed E-state index contributed by atoms with van der Waals surface area (Å²) < 4.78 is 1.41. The summed E-state index contributed by atoms with van der Waals surface area (Å²) in [5.74, 6) is -1.98. The van der Waals surface area contributed by atoms with Crippen LogP contribution in [-0.4, -0.2) is 34.4 Å². The van der Waals surface area contributed by atoms with E-state index in [1.165, 1.54) is 10.9 Å². The molecule has 0 aliphatic carbocycles. The summed E-state index contributed by atoms with van der Waals surface area (Å²) in [4.78, 5) is 37.5. The lowest BCUT2D eigenvalue weighted by Gasteiger charge is -2.15. The smallest absolute Gasteiger partial charge is 0.280 e. The van der Waals surface area contributed by atoms with Gasteiger partial charge in [0.15, 0.2) is 0 Å². The van der Waals surface area contributed by atoms with Crippen molar-refractivity contribution in [1.29, 1.82) is 0 Å². The van der Waals surface area contributed by atoms with Crippen LogP contribution < -0.4 is 16.3 Å². The fourth-order valence-electron chi connectivity index (χ4n) is 3.63. The van der Waals surface area contributed by atoms with Gasteiger partial charge in [-0.25, -0.2) is 10.1 Å². The van der Waals surface area contributed by atoms with Crippen molar-refractivity contribution in [2.75, 3.05) is 6.54 Å². The van der Waals surface area contributed by atoms with Crippen LogP contribution in [0.3, 0.4) is 0 Å². The van der Waals surface area contributed by atoms with Gasteiger partial charge in [-0.1, -0.05) is 48.5 Å². The molecule has 0 spiro atoms. The lowest BCUT2D eigenvalue weighted by Crippen LogP contribution is -2.34. The molecule has 3 aromatic rings. The summed E-state index contributed by atoms with van der Waals surface area (Å²) in [6.07, 6.45) is 1.30. The number of aromatic nitrogens is 2. The number of para-hydroxylation sites is 1. The van der Waals surface area contributed by atoms with Crippen LogP contribution in [0, 0.1) is 12.8 Å². The first-order valence-corrected chi connectivity index (χ1v) is 9.59. The first kappa shape index (κ1) is 19.4. The molecule has 1 aliphatic rings. The predicted octanol–water partition coefficient (Wildman–Crippen LogP) is 1.45. The molecular formula is C22H21N5O3. The van der Waals surface area contributed by atoms with Crippen molar-refractivity contribution in [2.24, 2.45) is 11.0 Å². The summed E-state index contributed by atoms with van der Waals surface area (Å²) >= 11 is 0. The molecule has 8 nitrogen and oxygen atoms in total. The van der Waals surface area contributed by atoms with Crippen molar-refractivity contribution < 1.29 is 9.59 Å². The van der Waals surface area contributed by atoms with Gasteiger partial charge >= 0.3 is 0 Å². The Morgan fingerprint density at radius 2 is 1.77 bits per heavy atom. The van der Waals surface area contributed by atoms with E-state index in [1.54, 1.807) is 6.92 Å². The summed E-state index contributed by atoms with van der Waals surface area (Å²) in [5.41, 5.74) is 4.68. The Bertz CT molecular complexity index is 1150. The Morgan fingerprint density at radius 1 is 1.10 bits per heavy atom. The van der Waals surface area contributed by atoms with E-state index in [2.05, 4.69) is 20.9 Å². The van der Waals surface area contributed by atoms with Crippen molar-refractivity contribution >= 4 is 18.0 Å². The van der Waals surface area contributed by atoms with E-state index >= 15 is 0 Å². The van der Waals surface area contributed by atoms with Gasteiger partial charge in [0, 0.05) is 18.2 Å². The third-order valence-electron chi connectivity index (χ3n) is 5.19. The number of hydrazone groups is 1. The number of nitrogens with zero attached hydrogens (tertiary/aromatic N) is 2. The Labute approximate surface area is 172 Å². The molecule has 0 bridgehead atoms. The standard InChI is InChI=1S/C22H21N5O3/c1-14-17(22(30)27(26-14)16-10-6-3-7-11-16)13-24-25-21(29)19-18(12-23-20(19)28)15-8-4-2-5-9-15/h2-11,13,18-19,26H,12H2,1H3,(H,23,28)(H,25,29)/b24-13+/t18-,19+/m1/s1. The molecule has 4 rings (SSSR count). The van der Waals surface area contributed by atoms with Gasteiger partial charge in [-0.3, -0.25) is 19.5 Å². The number of H-pyrrole nitrogens is 1. The number of hydrogen-bond acceptors (Lipinski definition) is 4. The van der Waals surface area contributed by atoms with Crippen LogP contribution in [0.25, 0.3) is 5.69 Å². The van der Waals surface area contributed by atoms with E-state index in [0.29, 0.717) is 23.5 Å². The Hall–Kier alpha value is -3.94.